The van der Waals surface area contributed by atoms with Crippen molar-refractivity contribution in [2.45, 2.75) is 0 Å². The molecule has 140 valence electrons. The molecule has 0 saturated carbocycles. The molecule has 0 bridgehead atoms. The van der Waals surface area contributed by atoms with E-state index in [2.05, 4.69) is 29.2 Å². The Morgan fingerprint density at radius 2 is 1.54 bits per heavy atom. The highest BCUT2D eigenvalue weighted by Crippen LogP contribution is 2.31. The van der Waals surface area contributed by atoms with E-state index in [9.17, 15) is 0 Å². The molecule has 1 aliphatic heterocycles. The first-order valence-corrected chi connectivity index (χ1v) is 8.17. The van der Waals surface area contributed by atoms with Crippen molar-refractivity contribution in [1.82, 2.24) is 4.98 Å². The van der Waals surface area contributed by atoms with Crippen LogP contribution in [0, 0.1) is 0 Å². The number of morpholine rings is 1. The van der Waals surface area contributed by atoms with Gasteiger partial charge in [0.25, 0.3) is 0 Å². The lowest BCUT2D eigenvalue weighted by Gasteiger charge is -2.30. The Bertz CT molecular complexity index is 837. The summed E-state index contributed by atoms with van der Waals surface area (Å²) in [6, 6.07) is 18.3. The third kappa shape index (κ3) is 4.30. The van der Waals surface area contributed by atoms with Gasteiger partial charge in [-0.2, -0.15) is 0 Å². The number of hydrogen-bond acceptors (Lipinski definition) is 3. The van der Waals surface area contributed by atoms with Crippen molar-refractivity contribution in [3.63, 3.8) is 0 Å². The molecule has 0 unspecified atom stereocenters. The maximum Gasteiger partial charge on any atom is 0.0730 e. The topological polar surface area (TPSA) is 120 Å². The quantitative estimate of drug-likeness (QED) is 0.677. The van der Waals surface area contributed by atoms with E-state index in [1.165, 1.54) is 11.1 Å². The molecule has 3 aromatic rings. The smallest absolute Gasteiger partial charge is 0.0730 e. The maximum atomic E-state index is 6.00. The van der Waals surface area contributed by atoms with E-state index in [0.717, 1.165) is 48.1 Å². The average Bonchev–Trinajstić information content (AvgIpc) is 2.62. The molecule has 4 rings (SSSR count). The molecular formula is C19H23ClN2O4. The average molecular weight is 379 g/mol. The molecule has 1 aliphatic rings. The molecule has 7 heteroatoms. The summed E-state index contributed by atoms with van der Waals surface area (Å²) >= 11 is 6.00. The van der Waals surface area contributed by atoms with Gasteiger partial charge in [0, 0.05) is 34.7 Å². The Kier molecular flexibility index (Phi) is 7.95. The minimum absolute atomic E-state index is 0. The van der Waals surface area contributed by atoms with Crippen molar-refractivity contribution in [2.24, 2.45) is 0 Å². The number of halogens is 1. The van der Waals surface area contributed by atoms with E-state index in [-0.39, 0.29) is 16.4 Å². The zero-order chi connectivity index (χ0) is 15.6. The number of benzene rings is 2. The standard InChI is InChI=1S/C19H17ClN2O.3H2O/c20-15-7-5-14(6-8-15)18-13-19(22-9-11-23-12-10-22)16-3-1-2-4-17(16)21-18;;;/h1-8,13H,9-12H2;3*1H2. The normalized spacial score (nSPS) is 13.3. The van der Waals surface area contributed by atoms with E-state index >= 15 is 0 Å². The number of anilines is 1. The van der Waals surface area contributed by atoms with Gasteiger partial charge in [-0.25, -0.2) is 4.98 Å². The van der Waals surface area contributed by atoms with Gasteiger partial charge in [-0.1, -0.05) is 41.9 Å². The van der Waals surface area contributed by atoms with Gasteiger partial charge in [-0.05, 0) is 24.3 Å². The van der Waals surface area contributed by atoms with Crippen LogP contribution >= 0.6 is 11.6 Å². The van der Waals surface area contributed by atoms with Crippen molar-refractivity contribution >= 4 is 28.2 Å². The molecule has 2 heterocycles. The van der Waals surface area contributed by atoms with E-state index in [0.29, 0.717) is 0 Å². The third-order valence-electron chi connectivity index (χ3n) is 4.19. The molecule has 0 aliphatic carbocycles. The van der Waals surface area contributed by atoms with Gasteiger partial charge in [0.1, 0.15) is 0 Å². The summed E-state index contributed by atoms with van der Waals surface area (Å²) in [5.41, 5.74) is 4.29. The molecule has 0 atom stereocenters. The number of pyridine rings is 1. The van der Waals surface area contributed by atoms with E-state index in [4.69, 9.17) is 21.3 Å². The molecule has 6 N–H and O–H groups in total. The molecule has 1 saturated heterocycles. The van der Waals surface area contributed by atoms with Crippen molar-refractivity contribution in [1.29, 1.82) is 0 Å². The lowest BCUT2D eigenvalue weighted by Crippen LogP contribution is -2.36. The van der Waals surface area contributed by atoms with Gasteiger partial charge in [0.05, 0.1) is 24.4 Å². The van der Waals surface area contributed by atoms with E-state index in [1.807, 2.05) is 30.3 Å². The van der Waals surface area contributed by atoms with Gasteiger partial charge in [0.15, 0.2) is 0 Å². The van der Waals surface area contributed by atoms with Crippen LogP contribution in [0.5, 0.6) is 0 Å². The second kappa shape index (κ2) is 9.47. The Labute approximate surface area is 156 Å². The van der Waals surface area contributed by atoms with E-state index in [1.54, 1.807) is 0 Å². The van der Waals surface area contributed by atoms with Crippen LogP contribution in [0.15, 0.2) is 54.6 Å². The third-order valence-corrected chi connectivity index (χ3v) is 4.44. The Morgan fingerprint density at radius 3 is 2.23 bits per heavy atom. The zero-order valence-electron chi connectivity index (χ0n) is 14.2. The van der Waals surface area contributed by atoms with Crippen LogP contribution in [-0.2, 0) is 4.74 Å². The lowest BCUT2D eigenvalue weighted by molar-refractivity contribution is 0.123. The molecule has 6 nitrogen and oxygen atoms in total. The minimum Gasteiger partial charge on any atom is -0.412 e. The summed E-state index contributed by atoms with van der Waals surface area (Å²) in [4.78, 5) is 7.21. The molecule has 26 heavy (non-hydrogen) atoms. The van der Waals surface area contributed by atoms with Gasteiger partial charge >= 0.3 is 0 Å². The first kappa shape index (κ1) is 21.8. The van der Waals surface area contributed by atoms with Crippen LogP contribution in [0.25, 0.3) is 22.2 Å². The summed E-state index contributed by atoms with van der Waals surface area (Å²) in [6.07, 6.45) is 0. The molecular weight excluding hydrogens is 356 g/mol. The summed E-state index contributed by atoms with van der Waals surface area (Å²) in [5, 5.41) is 1.93. The van der Waals surface area contributed by atoms with Gasteiger partial charge < -0.3 is 26.1 Å². The number of fused-ring (bicyclic) bond motifs is 1. The molecule has 0 radical (unpaired) electrons. The number of rotatable bonds is 2. The second-order valence-electron chi connectivity index (χ2n) is 5.65. The summed E-state index contributed by atoms with van der Waals surface area (Å²) < 4.78 is 5.49. The van der Waals surface area contributed by atoms with Crippen LogP contribution in [0.4, 0.5) is 5.69 Å². The SMILES string of the molecule is Clc1ccc(-c2cc(N3CCOCC3)c3ccccc3n2)cc1.O.O.O. The number of para-hydroxylation sites is 1. The largest absolute Gasteiger partial charge is 0.412 e. The fourth-order valence-electron chi connectivity index (χ4n) is 2.99. The molecule has 1 fully saturated rings. The fraction of sp³-hybridized carbons (Fsp3) is 0.211. The number of nitrogens with zero attached hydrogens (tertiary/aromatic N) is 2. The molecule has 1 aromatic heterocycles. The predicted molar refractivity (Wildman–Crippen MR) is 106 cm³/mol. The van der Waals surface area contributed by atoms with Crippen LogP contribution < -0.4 is 4.90 Å². The summed E-state index contributed by atoms with van der Waals surface area (Å²) in [5.74, 6) is 0. The van der Waals surface area contributed by atoms with Crippen molar-refractivity contribution in [2.75, 3.05) is 31.2 Å². The molecule has 0 spiro atoms. The van der Waals surface area contributed by atoms with Crippen LogP contribution in [-0.4, -0.2) is 47.7 Å². The predicted octanol–water partition coefficient (Wildman–Crippen LogP) is 1.92. The fourth-order valence-corrected chi connectivity index (χ4v) is 3.12. The number of ether oxygens (including phenoxy) is 1. The van der Waals surface area contributed by atoms with Crippen LogP contribution in [0.2, 0.25) is 5.02 Å². The highest BCUT2D eigenvalue weighted by Gasteiger charge is 2.16. The van der Waals surface area contributed by atoms with Gasteiger partial charge in [-0.15, -0.1) is 0 Å². The minimum atomic E-state index is 0. The van der Waals surface area contributed by atoms with E-state index < -0.39 is 0 Å². The Morgan fingerprint density at radius 1 is 0.885 bits per heavy atom. The monoisotopic (exact) mass is 378 g/mol. The first-order valence-electron chi connectivity index (χ1n) is 7.80. The lowest BCUT2D eigenvalue weighted by atomic mass is 10.1. The molecule has 0 amide bonds. The summed E-state index contributed by atoms with van der Waals surface area (Å²) in [6.45, 7) is 3.36. The zero-order valence-corrected chi connectivity index (χ0v) is 15.0. The first-order chi connectivity index (χ1) is 11.3. The van der Waals surface area contributed by atoms with Crippen molar-refractivity contribution < 1.29 is 21.2 Å². The number of hydrogen-bond donors (Lipinski definition) is 0. The maximum absolute atomic E-state index is 6.00. The Balaban J connectivity index is 0.00000113. The highest BCUT2D eigenvalue weighted by molar-refractivity contribution is 6.30. The van der Waals surface area contributed by atoms with Crippen molar-refractivity contribution in [3.05, 3.63) is 59.6 Å². The Hall–Kier alpha value is -2.22. The van der Waals surface area contributed by atoms with Gasteiger partial charge in [-0.3, -0.25) is 0 Å². The second-order valence-corrected chi connectivity index (χ2v) is 6.09. The molecule has 2 aromatic carbocycles. The highest BCUT2D eigenvalue weighted by atomic mass is 35.5. The van der Waals surface area contributed by atoms with Gasteiger partial charge in [0.2, 0.25) is 0 Å². The number of aromatic nitrogens is 1. The summed E-state index contributed by atoms with van der Waals surface area (Å²) in [7, 11) is 0. The van der Waals surface area contributed by atoms with Crippen LogP contribution in [0.3, 0.4) is 0 Å². The van der Waals surface area contributed by atoms with Crippen LogP contribution in [0.1, 0.15) is 0 Å². The van der Waals surface area contributed by atoms with Crippen molar-refractivity contribution in [3.8, 4) is 11.3 Å².